The number of Topliss-reactive ketones (excluding diaryl/α,β-unsaturated/α-hetero) is 1. The average molecular weight is 411 g/mol. The summed E-state index contributed by atoms with van der Waals surface area (Å²) >= 11 is 0. The molecule has 4 saturated carbocycles. The van der Waals surface area contributed by atoms with Gasteiger partial charge < -0.3 is 9.84 Å². The first kappa shape index (κ1) is 20.7. The molecule has 0 heterocycles. The molecule has 1 aromatic rings. The van der Waals surface area contributed by atoms with Gasteiger partial charge >= 0.3 is 0 Å². The third-order valence-corrected chi connectivity index (χ3v) is 9.81. The minimum Gasteiger partial charge on any atom is -0.393 e. The minimum atomic E-state index is -0.103. The first-order chi connectivity index (χ1) is 14.5. The lowest BCUT2D eigenvalue weighted by atomic mass is 9.49. The minimum absolute atomic E-state index is 0.0520. The van der Waals surface area contributed by atoms with E-state index in [1.54, 1.807) is 6.92 Å². The summed E-state index contributed by atoms with van der Waals surface area (Å²) in [5, 5.41) is 10.6. The van der Waals surface area contributed by atoms with E-state index in [0.717, 1.165) is 31.1 Å². The molecule has 4 fully saturated rings. The monoisotopic (exact) mass is 410 g/mol. The number of aliphatic hydroxyl groups excluding tert-OH is 1. The zero-order valence-corrected chi connectivity index (χ0v) is 18.6. The third-order valence-electron chi connectivity index (χ3n) is 9.81. The van der Waals surface area contributed by atoms with E-state index in [2.05, 4.69) is 31.2 Å². The summed E-state index contributed by atoms with van der Waals surface area (Å²) in [6, 6.07) is 10.3. The molecule has 3 heteroatoms. The lowest BCUT2D eigenvalue weighted by molar-refractivity contribution is -0.142. The fraction of sp³-hybridized carbons (Fsp3) is 0.741. The van der Waals surface area contributed by atoms with Crippen LogP contribution in [0.2, 0.25) is 0 Å². The molecule has 5 rings (SSSR count). The van der Waals surface area contributed by atoms with E-state index in [4.69, 9.17) is 4.74 Å². The van der Waals surface area contributed by atoms with Crippen LogP contribution >= 0.6 is 0 Å². The van der Waals surface area contributed by atoms with Crippen molar-refractivity contribution < 1.29 is 14.6 Å². The molecule has 0 bridgehead atoms. The van der Waals surface area contributed by atoms with Crippen molar-refractivity contribution in [3.63, 3.8) is 0 Å². The Hall–Kier alpha value is -1.19. The highest BCUT2D eigenvalue weighted by Gasteiger charge is 2.57. The SMILES string of the molecule is CC(=O)C1CC2C(CCC3C2CC[C@@]2(C)C3CC[C@@H]2O)CC1OCc1ccccc1. The number of fused-ring (bicyclic) bond motifs is 5. The van der Waals surface area contributed by atoms with Gasteiger partial charge in [0.05, 0.1) is 18.8 Å². The standard InChI is InChI=1S/C27H38O3/c1-17(28)22-15-23-19(14-25(22)30-16-18-6-4-3-5-7-18)8-9-21-20(23)12-13-27(2)24(21)10-11-26(27)29/h3-7,19-26,29H,8-16H2,1-2H3/t19?,20?,21?,22?,23?,24?,25?,26-,27-/m0/s1. The molecule has 1 N–H and O–H groups in total. The fourth-order valence-electron chi connectivity index (χ4n) is 8.16. The van der Waals surface area contributed by atoms with Gasteiger partial charge in [-0.05, 0) is 98.9 Å². The quantitative estimate of drug-likeness (QED) is 0.723. The Balaban J connectivity index is 1.31. The van der Waals surface area contributed by atoms with Gasteiger partial charge in [-0.1, -0.05) is 37.3 Å². The van der Waals surface area contributed by atoms with Crippen molar-refractivity contribution in [2.45, 2.75) is 84.0 Å². The highest BCUT2D eigenvalue weighted by molar-refractivity contribution is 5.79. The summed E-state index contributed by atoms with van der Waals surface area (Å²) in [6.45, 7) is 4.73. The Morgan fingerprint density at radius 2 is 1.83 bits per heavy atom. The van der Waals surface area contributed by atoms with Gasteiger partial charge in [0.15, 0.2) is 0 Å². The van der Waals surface area contributed by atoms with Gasteiger partial charge in [-0.3, -0.25) is 4.79 Å². The molecule has 0 aliphatic heterocycles. The third kappa shape index (κ3) is 3.46. The highest BCUT2D eigenvalue weighted by atomic mass is 16.5. The molecule has 0 radical (unpaired) electrons. The summed E-state index contributed by atoms with van der Waals surface area (Å²) in [4.78, 5) is 12.6. The molecule has 3 nitrogen and oxygen atoms in total. The van der Waals surface area contributed by atoms with Gasteiger partial charge in [-0.25, -0.2) is 0 Å². The second kappa shape index (κ2) is 8.06. The van der Waals surface area contributed by atoms with E-state index >= 15 is 0 Å². The maximum atomic E-state index is 12.6. The summed E-state index contributed by atoms with van der Waals surface area (Å²) in [7, 11) is 0. The molecule has 9 atom stereocenters. The first-order valence-corrected chi connectivity index (χ1v) is 12.3. The molecular weight excluding hydrogens is 372 g/mol. The normalized spacial score (nSPS) is 45.3. The second-order valence-electron chi connectivity index (χ2n) is 11.1. The van der Waals surface area contributed by atoms with E-state index in [0.29, 0.717) is 30.1 Å². The van der Waals surface area contributed by atoms with Crippen molar-refractivity contribution in [3.05, 3.63) is 35.9 Å². The first-order valence-electron chi connectivity index (χ1n) is 12.3. The maximum Gasteiger partial charge on any atom is 0.135 e. The summed E-state index contributed by atoms with van der Waals surface area (Å²) < 4.78 is 6.37. The number of ketones is 1. The largest absolute Gasteiger partial charge is 0.393 e. The smallest absolute Gasteiger partial charge is 0.135 e. The summed E-state index contributed by atoms with van der Waals surface area (Å²) in [5.74, 6) is 3.95. The summed E-state index contributed by atoms with van der Waals surface area (Å²) in [5.41, 5.74) is 1.33. The number of carbonyl (C=O) groups excluding carboxylic acids is 1. The maximum absolute atomic E-state index is 12.6. The summed E-state index contributed by atoms with van der Waals surface area (Å²) in [6.07, 6.45) is 9.24. The lowest BCUT2D eigenvalue weighted by Gasteiger charge is -2.56. The molecule has 0 amide bonds. The van der Waals surface area contributed by atoms with E-state index < -0.39 is 0 Å². The molecule has 0 saturated heterocycles. The Kier molecular flexibility index (Phi) is 5.56. The Bertz CT molecular complexity index is 761. The van der Waals surface area contributed by atoms with Crippen LogP contribution in [0.15, 0.2) is 30.3 Å². The van der Waals surface area contributed by atoms with Crippen LogP contribution in [0.5, 0.6) is 0 Å². The van der Waals surface area contributed by atoms with Crippen molar-refractivity contribution >= 4 is 5.78 Å². The molecular formula is C27H38O3. The van der Waals surface area contributed by atoms with Crippen LogP contribution in [0.1, 0.15) is 70.8 Å². The van der Waals surface area contributed by atoms with Crippen LogP contribution < -0.4 is 0 Å². The Morgan fingerprint density at radius 3 is 2.60 bits per heavy atom. The van der Waals surface area contributed by atoms with Crippen molar-refractivity contribution in [1.29, 1.82) is 0 Å². The van der Waals surface area contributed by atoms with Gasteiger partial charge in [0.1, 0.15) is 5.78 Å². The van der Waals surface area contributed by atoms with Crippen molar-refractivity contribution in [3.8, 4) is 0 Å². The van der Waals surface area contributed by atoms with E-state index in [9.17, 15) is 9.90 Å². The van der Waals surface area contributed by atoms with Crippen LogP contribution in [-0.2, 0) is 16.1 Å². The molecule has 4 aliphatic rings. The van der Waals surface area contributed by atoms with Gasteiger partial charge in [-0.2, -0.15) is 0 Å². The number of rotatable bonds is 4. The lowest BCUT2D eigenvalue weighted by Crippen LogP contribution is -2.52. The molecule has 1 aromatic carbocycles. The van der Waals surface area contributed by atoms with E-state index in [1.165, 1.54) is 37.7 Å². The number of hydrogen-bond donors (Lipinski definition) is 1. The van der Waals surface area contributed by atoms with Gasteiger partial charge in [0.25, 0.3) is 0 Å². The molecule has 0 aromatic heterocycles. The van der Waals surface area contributed by atoms with Crippen LogP contribution in [0.25, 0.3) is 0 Å². The van der Waals surface area contributed by atoms with Crippen molar-refractivity contribution in [1.82, 2.24) is 0 Å². The van der Waals surface area contributed by atoms with Crippen LogP contribution in [0.3, 0.4) is 0 Å². The molecule has 30 heavy (non-hydrogen) atoms. The van der Waals surface area contributed by atoms with Gasteiger partial charge in [0.2, 0.25) is 0 Å². The number of hydrogen-bond acceptors (Lipinski definition) is 3. The zero-order valence-electron chi connectivity index (χ0n) is 18.6. The van der Waals surface area contributed by atoms with Gasteiger partial charge in [-0.15, -0.1) is 0 Å². The van der Waals surface area contributed by atoms with Crippen LogP contribution in [-0.4, -0.2) is 23.1 Å². The highest BCUT2D eigenvalue weighted by Crippen LogP contribution is 2.62. The number of ether oxygens (including phenoxy) is 1. The second-order valence-corrected chi connectivity index (χ2v) is 11.1. The predicted octanol–water partition coefficient (Wildman–Crippen LogP) is 5.40. The topological polar surface area (TPSA) is 46.5 Å². The average Bonchev–Trinajstić information content (AvgIpc) is 3.06. The molecule has 164 valence electrons. The van der Waals surface area contributed by atoms with Gasteiger partial charge in [0, 0.05) is 5.92 Å². The zero-order chi connectivity index (χ0) is 20.9. The number of carbonyl (C=O) groups is 1. The number of benzene rings is 1. The van der Waals surface area contributed by atoms with Crippen molar-refractivity contribution in [2.24, 2.45) is 40.9 Å². The predicted molar refractivity (Wildman–Crippen MR) is 118 cm³/mol. The fourth-order valence-corrected chi connectivity index (χ4v) is 8.16. The Labute approximate surface area is 181 Å². The Morgan fingerprint density at radius 1 is 1.03 bits per heavy atom. The molecule has 4 aliphatic carbocycles. The van der Waals surface area contributed by atoms with E-state index in [1.807, 2.05) is 6.07 Å². The van der Waals surface area contributed by atoms with E-state index in [-0.39, 0.29) is 23.5 Å². The van der Waals surface area contributed by atoms with Crippen LogP contribution in [0, 0.1) is 40.9 Å². The molecule has 7 unspecified atom stereocenters. The number of aliphatic hydroxyl groups is 1. The van der Waals surface area contributed by atoms with Crippen molar-refractivity contribution in [2.75, 3.05) is 0 Å². The van der Waals surface area contributed by atoms with Crippen LogP contribution in [0.4, 0.5) is 0 Å². The molecule has 0 spiro atoms.